The lowest BCUT2D eigenvalue weighted by molar-refractivity contribution is 0.443. The van der Waals surface area contributed by atoms with E-state index in [4.69, 9.17) is 4.42 Å². The number of hydrogen-bond donors (Lipinski definition) is 2. The average Bonchev–Trinajstić information content (AvgIpc) is 2.43. The van der Waals surface area contributed by atoms with Gasteiger partial charge in [0.15, 0.2) is 5.58 Å². The van der Waals surface area contributed by atoms with Gasteiger partial charge in [-0.3, -0.25) is 4.79 Å². The zero-order chi connectivity index (χ0) is 13.7. The molecule has 0 amide bonds. The molecule has 0 spiro atoms. The molecule has 1 heterocycles. The Bertz CT molecular complexity index is 880. The lowest BCUT2D eigenvalue weighted by Crippen LogP contribution is -2.03. The molecule has 4 nitrogen and oxygen atoms in total. The van der Waals surface area contributed by atoms with Gasteiger partial charge in [-0.25, -0.2) is 0 Å². The van der Waals surface area contributed by atoms with Crippen LogP contribution in [0.4, 0.5) is 0 Å². The maximum Gasteiger partial charge on any atom is 0.204 e. The number of phenols is 2. The van der Waals surface area contributed by atoms with Crippen molar-refractivity contribution < 1.29 is 14.6 Å². The van der Waals surface area contributed by atoms with E-state index in [-0.39, 0.29) is 37.9 Å². The molecule has 1 aromatic heterocycles. The minimum absolute atomic E-state index is 0.0703. The molecule has 0 radical (unpaired) electrons. The molecule has 0 unspecified atom stereocenters. The summed E-state index contributed by atoms with van der Waals surface area (Å²) in [6.45, 7) is 1.53. The molecule has 0 atom stereocenters. The number of aromatic hydroxyl groups is 2. The summed E-state index contributed by atoms with van der Waals surface area (Å²) in [7, 11) is 0. The minimum atomic E-state index is -0.321. The molecule has 0 bridgehead atoms. The van der Waals surface area contributed by atoms with Crippen molar-refractivity contribution in [1.29, 1.82) is 0 Å². The predicted molar refractivity (Wildman–Crippen MR) is 75.8 cm³/mol. The standard InChI is InChI=1S/C14H9BrO4/c1-6-11(16)9-13(18)7-4-2-3-5-8(7)19-14(9)10(15)12(6)17/h2-5,16-17H,1H3. The van der Waals surface area contributed by atoms with E-state index in [1.165, 1.54) is 6.92 Å². The quantitative estimate of drug-likeness (QED) is 0.622. The van der Waals surface area contributed by atoms with Crippen molar-refractivity contribution in [1.82, 2.24) is 0 Å². The van der Waals surface area contributed by atoms with Crippen molar-refractivity contribution in [3.63, 3.8) is 0 Å². The van der Waals surface area contributed by atoms with E-state index < -0.39 is 0 Å². The van der Waals surface area contributed by atoms with Crippen molar-refractivity contribution in [3.05, 3.63) is 44.5 Å². The van der Waals surface area contributed by atoms with Gasteiger partial charge >= 0.3 is 0 Å². The fourth-order valence-electron chi connectivity index (χ4n) is 2.08. The number of rotatable bonds is 0. The molecular weight excluding hydrogens is 312 g/mol. The highest BCUT2D eigenvalue weighted by atomic mass is 79.9. The van der Waals surface area contributed by atoms with Crippen LogP contribution in [0.25, 0.3) is 21.9 Å². The van der Waals surface area contributed by atoms with Gasteiger partial charge in [-0.15, -0.1) is 0 Å². The normalized spacial score (nSPS) is 11.3. The van der Waals surface area contributed by atoms with Gasteiger partial charge in [0.25, 0.3) is 0 Å². The molecule has 0 saturated carbocycles. The first-order valence-corrected chi connectivity index (χ1v) is 6.37. The van der Waals surface area contributed by atoms with Crippen molar-refractivity contribution in [2.75, 3.05) is 0 Å². The van der Waals surface area contributed by atoms with Gasteiger partial charge in [-0.1, -0.05) is 12.1 Å². The van der Waals surface area contributed by atoms with Gasteiger partial charge in [0, 0.05) is 5.56 Å². The van der Waals surface area contributed by atoms with E-state index in [1.54, 1.807) is 24.3 Å². The van der Waals surface area contributed by atoms with E-state index >= 15 is 0 Å². The third-order valence-corrected chi connectivity index (χ3v) is 3.89. The average molecular weight is 321 g/mol. The summed E-state index contributed by atoms with van der Waals surface area (Å²) in [6, 6.07) is 6.77. The van der Waals surface area contributed by atoms with E-state index in [9.17, 15) is 15.0 Å². The first kappa shape index (κ1) is 12.0. The number of benzene rings is 2. The van der Waals surface area contributed by atoms with E-state index in [0.717, 1.165) is 0 Å². The second kappa shape index (κ2) is 3.99. The second-order valence-electron chi connectivity index (χ2n) is 4.27. The number of para-hydroxylation sites is 1. The van der Waals surface area contributed by atoms with Gasteiger partial charge in [-0.05, 0) is 35.0 Å². The molecule has 2 N–H and O–H groups in total. The smallest absolute Gasteiger partial charge is 0.204 e. The number of hydrogen-bond acceptors (Lipinski definition) is 4. The van der Waals surface area contributed by atoms with Gasteiger partial charge in [0.05, 0.1) is 5.39 Å². The van der Waals surface area contributed by atoms with Crippen LogP contribution in [-0.2, 0) is 0 Å². The Kier molecular flexibility index (Phi) is 2.53. The second-order valence-corrected chi connectivity index (χ2v) is 5.06. The first-order chi connectivity index (χ1) is 9.02. The summed E-state index contributed by atoms with van der Waals surface area (Å²) >= 11 is 3.19. The molecule has 0 fully saturated rings. The predicted octanol–water partition coefficient (Wildman–Crippen LogP) is 3.43. The van der Waals surface area contributed by atoms with Crippen LogP contribution >= 0.6 is 15.9 Å². The lowest BCUT2D eigenvalue weighted by Gasteiger charge is -2.09. The number of fused-ring (bicyclic) bond motifs is 2. The van der Waals surface area contributed by atoms with Crippen LogP contribution in [0.1, 0.15) is 5.56 Å². The summed E-state index contributed by atoms with van der Waals surface area (Å²) in [5, 5.41) is 20.4. The van der Waals surface area contributed by atoms with Gasteiger partial charge < -0.3 is 14.6 Å². The maximum atomic E-state index is 12.4. The number of phenolic OH excluding ortho intramolecular Hbond substituents is 2. The molecule has 5 heteroatoms. The van der Waals surface area contributed by atoms with Gasteiger partial charge in [0.1, 0.15) is 26.9 Å². The van der Waals surface area contributed by atoms with E-state index in [2.05, 4.69) is 15.9 Å². The third-order valence-electron chi connectivity index (χ3n) is 3.15. The fraction of sp³-hybridized carbons (Fsp3) is 0.0714. The zero-order valence-electron chi connectivity index (χ0n) is 9.90. The fourth-order valence-corrected chi connectivity index (χ4v) is 2.66. The van der Waals surface area contributed by atoms with Crippen LogP contribution in [0, 0.1) is 6.92 Å². The molecule has 3 aromatic rings. The molecule has 0 aliphatic heterocycles. The van der Waals surface area contributed by atoms with E-state index in [1.807, 2.05) is 0 Å². The third kappa shape index (κ3) is 1.55. The Morgan fingerprint density at radius 3 is 2.58 bits per heavy atom. The Morgan fingerprint density at radius 1 is 1.16 bits per heavy atom. The van der Waals surface area contributed by atoms with Crippen LogP contribution in [0.5, 0.6) is 11.5 Å². The largest absolute Gasteiger partial charge is 0.507 e. The molecular formula is C14H9BrO4. The molecule has 19 heavy (non-hydrogen) atoms. The molecule has 96 valence electrons. The van der Waals surface area contributed by atoms with Crippen LogP contribution in [0.15, 0.2) is 37.9 Å². The monoisotopic (exact) mass is 320 g/mol. The summed E-state index contributed by atoms with van der Waals surface area (Å²) in [4.78, 5) is 12.4. The van der Waals surface area contributed by atoms with Gasteiger partial charge in [0.2, 0.25) is 5.43 Å². The van der Waals surface area contributed by atoms with Crippen molar-refractivity contribution in [2.24, 2.45) is 0 Å². The Balaban J connectivity index is 2.71. The van der Waals surface area contributed by atoms with Crippen LogP contribution in [0.2, 0.25) is 0 Å². The van der Waals surface area contributed by atoms with Gasteiger partial charge in [-0.2, -0.15) is 0 Å². The highest BCUT2D eigenvalue weighted by Gasteiger charge is 2.20. The molecule has 0 saturated heterocycles. The summed E-state index contributed by atoms with van der Waals surface area (Å²) in [5.74, 6) is -0.390. The Morgan fingerprint density at radius 2 is 1.84 bits per heavy atom. The topological polar surface area (TPSA) is 70.7 Å². The molecule has 3 rings (SSSR count). The van der Waals surface area contributed by atoms with Crippen LogP contribution < -0.4 is 5.43 Å². The highest BCUT2D eigenvalue weighted by molar-refractivity contribution is 9.10. The van der Waals surface area contributed by atoms with Crippen molar-refractivity contribution >= 4 is 37.9 Å². The van der Waals surface area contributed by atoms with Crippen molar-refractivity contribution in [2.45, 2.75) is 6.92 Å². The Hall–Kier alpha value is -2.01. The summed E-state index contributed by atoms with van der Waals surface area (Å²) in [5.41, 5.74) is 0.466. The maximum absolute atomic E-state index is 12.4. The molecule has 2 aromatic carbocycles. The summed E-state index contributed by atoms with van der Waals surface area (Å²) < 4.78 is 5.87. The zero-order valence-corrected chi connectivity index (χ0v) is 11.5. The van der Waals surface area contributed by atoms with E-state index in [0.29, 0.717) is 11.0 Å². The van der Waals surface area contributed by atoms with Crippen molar-refractivity contribution in [3.8, 4) is 11.5 Å². The van der Waals surface area contributed by atoms with Crippen LogP contribution in [0.3, 0.4) is 0 Å². The number of halogens is 1. The van der Waals surface area contributed by atoms with Crippen LogP contribution in [-0.4, -0.2) is 10.2 Å². The first-order valence-electron chi connectivity index (χ1n) is 5.58. The lowest BCUT2D eigenvalue weighted by atomic mass is 10.1. The minimum Gasteiger partial charge on any atom is -0.507 e. The molecule has 0 aliphatic rings. The summed E-state index contributed by atoms with van der Waals surface area (Å²) in [6.07, 6.45) is 0. The highest BCUT2D eigenvalue weighted by Crippen LogP contribution is 2.41. The molecule has 0 aliphatic carbocycles. The Labute approximate surface area is 116 Å². The SMILES string of the molecule is Cc1c(O)c(Br)c2oc3ccccc3c(=O)c2c1O.